The van der Waals surface area contributed by atoms with Gasteiger partial charge in [0, 0.05) is 11.5 Å². The number of carbonyl (C=O) groups is 1. The molecule has 190 valence electrons. The highest BCUT2D eigenvalue weighted by molar-refractivity contribution is 5.83. The Hall–Kier alpha value is -3.88. The molecule has 1 fully saturated rings. The van der Waals surface area contributed by atoms with Crippen LogP contribution >= 0.6 is 0 Å². The van der Waals surface area contributed by atoms with Gasteiger partial charge in [0.25, 0.3) is 5.56 Å². The van der Waals surface area contributed by atoms with Crippen molar-refractivity contribution in [1.82, 2.24) is 9.66 Å². The number of hydrogen-bond acceptors (Lipinski definition) is 8. The van der Waals surface area contributed by atoms with Gasteiger partial charge in [-0.15, -0.1) is 0 Å². The van der Waals surface area contributed by atoms with Crippen LogP contribution in [-0.2, 0) is 9.53 Å². The van der Waals surface area contributed by atoms with Crippen LogP contribution in [0, 0.1) is 0 Å². The van der Waals surface area contributed by atoms with Crippen LogP contribution in [-0.4, -0.2) is 49.3 Å². The molecular formula is C27H31N3O6. The lowest BCUT2D eigenvalue weighted by atomic mass is 9.88. The standard InChI is InChI=1S/C27H31N3O6/c1-4-35-24(31)17-36-25-22(33-2)14-18(15-23(25)34-3)16-28-30-26(19-10-6-5-7-11-19)29-21-13-9-8-12-20(21)27(30)32/h8-9,12-16,19H,4-7,10-11,17H2,1-3H3. The zero-order valence-electron chi connectivity index (χ0n) is 20.9. The highest BCUT2D eigenvalue weighted by atomic mass is 16.6. The number of benzene rings is 2. The first-order valence-electron chi connectivity index (χ1n) is 12.2. The molecule has 0 N–H and O–H groups in total. The van der Waals surface area contributed by atoms with Crippen LogP contribution in [0.4, 0.5) is 0 Å². The number of esters is 1. The molecule has 4 rings (SSSR count). The minimum Gasteiger partial charge on any atom is -0.493 e. The monoisotopic (exact) mass is 493 g/mol. The van der Waals surface area contributed by atoms with E-state index in [9.17, 15) is 9.59 Å². The molecule has 1 heterocycles. The largest absolute Gasteiger partial charge is 0.493 e. The smallest absolute Gasteiger partial charge is 0.344 e. The van der Waals surface area contributed by atoms with Crippen molar-refractivity contribution in [3.63, 3.8) is 0 Å². The number of fused-ring (bicyclic) bond motifs is 1. The van der Waals surface area contributed by atoms with Crippen molar-refractivity contribution in [2.24, 2.45) is 5.10 Å². The van der Waals surface area contributed by atoms with E-state index in [-0.39, 0.29) is 30.4 Å². The Balaban J connectivity index is 1.72. The number of hydrogen-bond donors (Lipinski definition) is 0. The van der Waals surface area contributed by atoms with Gasteiger partial charge in [0.05, 0.1) is 37.9 Å². The quantitative estimate of drug-likeness (QED) is 0.324. The number of nitrogens with zero attached hydrogens (tertiary/aromatic N) is 3. The molecule has 0 spiro atoms. The summed E-state index contributed by atoms with van der Waals surface area (Å²) in [5.41, 5.74) is 1.11. The van der Waals surface area contributed by atoms with Gasteiger partial charge in [-0.3, -0.25) is 4.79 Å². The molecule has 1 aromatic heterocycles. The maximum absolute atomic E-state index is 13.4. The van der Waals surface area contributed by atoms with Crippen molar-refractivity contribution in [2.45, 2.75) is 44.9 Å². The van der Waals surface area contributed by atoms with Crippen molar-refractivity contribution in [1.29, 1.82) is 0 Å². The first-order valence-corrected chi connectivity index (χ1v) is 12.2. The summed E-state index contributed by atoms with van der Waals surface area (Å²) in [6.07, 6.45) is 6.95. The second-order valence-corrected chi connectivity index (χ2v) is 8.53. The fourth-order valence-electron chi connectivity index (χ4n) is 4.45. The Morgan fingerprint density at radius 2 is 1.81 bits per heavy atom. The van der Waals surface area contributed by atoms with Gasteiger partial charge in [-0.1, -0.05) is 31.4 Å². The van der Waals surface area contributed by atoms with E-state index in [1.54, 1.807) is 31.3 Å². The summed E-state index contributed by atoms with van der Waals surface area (Å²) in [7, 11) is 2.98. The van der Waals surface area contributed by atoms with Crippen LogP contribution in [0.2, 0.25) is 0 Å². The summed E-state index contributed by atoms with van der Waals surface area (Å²) in [5.74, 6) is 1.36. The van der Waals surface area contributed by atoms with E-state index < -0.39 is 5.97 Å². The van der Waals surface area contributed by atoms with Crippen LogP contribution in [0.1, 0.15) is 56.3 Å². The molecule has 1 saturated carbocycles. The Labute approximate surface area is 209 Å². The van der Waals surface area contributed by atoms with E-state index in [0.717, 1.165) is 25.7 Å². The van der Waals surface area contributed by atoms with Gasteiger partial charge in [-0.2, -0.15) is 9.78 Å². The molecule has 3 aromatic rings. The van der Waals surface area contributed by atoms with Crippen molar-refractivity contribution in [3.8, 4) is 17.2 Å². The first-order chi connectivity index (χ1) is 17.5. The zero-order chi connectivity index (χ0) is 25.5. The third kappa shape index (κ3) is 5.50. The highest BCUT2D eigenvalue weighted by Gasteiger charge is 2.22. The lowest BCUT2D eigenvalue weighted by Gasteiger charge is -2.22. The van der Waals surface area contributed by atoms with Gasteiger partial charge in [0.2, 0.25) is 5.75 Å². The third-order valence-electron chi connectivity index (χ3n) is 6.19. The molecule has 0 saturated heterocycles. The van der Waals surface area contributed by atoms with Crippen molar-refractivity contribution < 1.29 is 23.7 Å². The van der Waals surface area contributed by atoms with Crippen LogP contribution < -0.4 is 19.8 Å². The molecule has 36 heavy (non-hydrogen) atoms. The van der Waals surface area contributed by atoms with Gasteiger partial charge < -0.3 is 18.9 Å². The predicted octanol–water partition coefficient (Wildman–Crippen LogP) is 4.29. The summed E-state index contributed by atoms with van der Waals surface area (Å²) in [5, 5.41) is 5.09. The Kier molecular flexibility index (Phi) is 8.20. The number of ether oxygens (including phenoxy) is 4. The summed E-state index contributed by atoms with van der Waals surface area (Å²) < 4.78 is 22.9. The highest BCUT2D eigenvalue weighted by Crippen LogP contribution is 2.38. The number of carbonyl (C=O) groups excluding carboxylic acids is 1. The first kappa shape index (κ1) is 25.2. The van der Waals surface area contributed by atoms with Crippen molar-refractivity contribution in [2.75, 3.05) is 27.4 Å². The Bertz CT molecular complexity index is 1290. The number of aromatic nitrogens is 2. The summed E-state index contributed by atoms with van der Waals surface area (Å²) in [6, 6.07) is 10.7. The predicted molar refractivity (Wildman–Crippen MR) is 136 cm³/mol. The zero-order valence-corrected chi connectivity index (χ0v) is 20.9. The summed E-state index contributed by atoms with van der Waals surface area (Å²) in [6.45, 7) is 1.71. The van der Waals surface area contributed by atoms with E-state index in [1.807, 2.05) is 18.2 Å². The fraction of sp³-hybridized carbons (Fsp3) is 0.407. The SMILES string of the molecule is CCOC(=O)COc1c(OC)cc(C=Nn2c(C3CCCCC3)nc3ccccc3c2=O)cc1OC. The van der Waals surface area contributed by atoms with Crippen LogP contribution in [0.15, 0.2) is 46.3 Å². The summed E-state index contributed by atoms with van der Waals surface area (Å²) in [4.78, 5) is 30.0. The number of para-hydroxylation sites is 1. The molecule has 0 aliphatic heterocycles. The average Bonchev–Trinajstić information content (AvgIpc) is 2.91. The minimum absolute atomic E-state index is 0.177. The van der Waals surface area contributed by atoms with Crippen LogP contribution in [0.25, 0.3) is 10.9 Å². The van der Waals surface area contributed by atoms with Gasteiger partial charge in [0.15, 0.2) is 18.1 Å². The molecule has 1 aliphatic rings. The normalized spacial score (nSPS) is 14.2. The molecule has 0 amide bonds. The Morgan fingerprint density at radius 3 is 2.47 bits per heavy atom. The topological polar surface area (TPSA) is 101 Å². The third-order valence-corrected chi connectivity index (χ3v) is 6.19. The van der Waals surface area contributed by atoms with Gasteiger partial charge in [-0.05, 0) is 44.0 Å². The molecule has 2 aromatic carbocycles. The lowest BCUT2D eigenvalue weighted by Crippen LogP contribution is -2.25. The molecule has 0 radical (unpaired) electrons. The van der Waals surface area contributed by atoms with E-state index in [1.165, 1.54) is 25.3 Å². The molecule has 9 nitrogen and oxygen atoms in total. The van der Waals surface area contributed by atoms with Gasteiger partial charge in [0.1, 0.15) is 5.82 Å². The molecule has 9 heteroatoms. The van der Waals surface area contributed by atoms with Crippen LogP contribution in [0.5, 0.6) is 17.2 Å². The Morgan fingerprint density at radius 1 is 1.11 bits per heavy atom. The van der Waals surface area contributed by atoms with E-state index in [0.29, 0.717) is 33.8 Å². The molecular weight excluding hydrogens is 462 g/mol. The maximum atomic E-state index is 13.4. The van der Waals surface area contributed by atoms with Crippen molar-refractivity contribution >= 4 is 23.1 Å². The van der Waals surface area contributed by atoms with E-state index >= 15 is 0 Å². The fourth-order valence-corrected chi connectivity index (χ4v) is 4.45. The molecule has 0 unspecified atom stereocenters. The number of rotatable bonds is 9. The average molecular weight is 494 g/mol. The van der Waals surface area contributed by atoms with Gasteiger partial charge in [-0.25, -0.2) is 9.78 Å². The van der Waals surface area contributed by atoms with E-state index in [2.05, 4.69) is 5.10 Å². The second-order valence-electron chi connectivity index (χ2n) is 8.53. The summed E-state index contributed by atoms with van der Waals surface area (Å²) >= 11 is 0. The lowest BCUT2D eigenvalue weighted by molar-refractivity contribution is -0.145. The number of methoxy groups -OCH3 is 2. The minimum atomic E-state index is -0.495. The van der Waals surface area contributed by atoms with Crippen molar-refractivity contribution in [3.05, 3.63) is 58.1 Å². The molecule has 1 aliphatic carbocycles. The van der Waals surface area contributed by atoms with Gasteiger partial charge >= 0.3 is 5.97 Å². The molecule has 0 atom stereocenters. The molecule has 0 bridgehead atoms. The van der Waals surface area contributed by atoms with Crippen LogP contribution in [0.3, 0.4) is 0 Å². The maximum Gasteiger partial charge on any atom is 0.344 e. The second kappa shape index (κ2) is 11.7. The van der Waals surface area contributed by atoms with E-state index in [4.69, 9.17) is 23.9 Å².